The Balaban J connectivity index is 1.78. The lowest BCUT2D eigenvalue weighted by Gasteiger charge is -2.19. The Morgan fingerprint density at radius 2 is 2.43 bits per heavy atom. The quantitative estimate of drug-likeness (QED) is 0.676. The molecule has 0 aliphatic carbocycles. The lowest BCUT2D eigenvalue weighted by atomic mass is 10.1. The normalized spacial score (nSPS) is 29.1. The number of carbonyl (C=O) groups excluding carboxylic acids is 1. The van der Waals surface area contributed by atoms with Gasteiger partial charge in [0.1, 0.15) is 0 Å². The summed E-state index contributed by atoms with van der Waals surface area (Å²) in [7, 11) is 0. The van der Waals surface area contributed by atoms with E-state index < -0.39 is 0 Å². The van der Waals surface area contributed by atoms with Crippen molar-refractivity contribution in [3.8, 4) is 0 Å². The number of amides is 1. The average Bonchev–Trinajstić information content (AvgIpc) is 2.77. The fraction of sp³-hybridized carbons (Fsp3) is 0.900. The summed E-state index contributed by atoms with van der Waals surface area (Å²) in [6.07, 6.45) is 1.25. The second kappa shape index (κ2) is 4.28. The molecule has 1 atom stereocenters. The van der Waals surface area contributed by atoms with Gasteiger partial charge in [0.25, 0.3) is 0 Å². The summed E-state index contributed by atoms with van der Waals surface area (Å²) < 4.78 is 0. The van der Waals surface area contributed by atoms with Crippen molar-refractivity contribution >= 4 is 5.91 Å². The molecule has 0 saturated carbocycles. The fourth-order valence-electron chi connectivity index (χ4n) is 2.32. The van der Waals surface area contributed by atoms with Crippen molar-refractivity contribution in [2.75, 3.05) is 39.4 Å². The molecule has 1 unspecified atom stereocenters. The van der Waals surface area contributed by atoms with Crippen molar-refractivity contribution in [1.82, 2.24) is 15.1 Å². The van der Waals surface area contributed by atoms with Gasteiger partial charge in [0.15, 0.2) is 0 Å². The molecule has 2 aliphatic heterocycles. The number of likely N-dealkylation sites (tertiary alicyclic amines) is 1. The maximum absolute atomic E-state index is 11.4. The van der Waals surface area contributed by atoms with Crippen LogP contribution in [-0.2, 0) is 4.79 Å². The van der Waals surface area contributed by atoms with E-state index >= 15 is 0 Å². The molecule has 80 valence electrons. The third-order valence-corrected chi connectivity index (χ3v) is 3.23. The highest BCUT2D eigenvalue weighted by Crippen LogP contribution is 2.17. The average molecular weight is 197 g/mol. The standard InChI is InChI=1S/C10H19N3O/c1-2-12-4-3-9(6-12)7-13-8-11-5-10(13)14/h9,11H,2-8H2,1H3. The molecule has 4 heteroatoms. The van der Waals surface area contributed by atoms with E-state index in [2.05, 4.69) is 17.1 Å². The topological polar surface area (TPSA) is 35.6 Å². The maximum atomic E-state index is 11.4. The summed E-state index contributed by atoms with van der Waals surface area (Å²) in [5.41, 5.74) is 0. The van der Waals surface area contributed by atoms with Crippen molar-refractivity contribution in [1.29, 1.82) is 0 Å². The van der Waals surface area contributed by atoms with Gasteiger partial charge in [-0.05, 0) is 25.4 Å². The van der Waals surface area contributed by atoms with E-state index in [9.17, 15) is 4.79 Å². The zero-order valence-electron chi connectivity index (χ0n) is 8.83. The van der Waals surface area contributed by atoms with E-state index in [1.807, 2.05) is 4.90 Å². The summed E-state index contributed by atoms with van der Waals surface area (Å²) in [5.74, 6) is 0.957. The van der Waals surface area contributed by atoms with Crippen molar-refractivity contribution in [3.63, 3.8) is 0 Å². The number of nitrogens with one attached hydrogen (secondary N) is 1. The Labute approximate surface area is 85.2 Å². The summed E-state index contributed by atoms with van der Waals surface area (Å²) >= 11 is 0. The van der Waals surface area contributed by atoms with E-state index in [0.717, 1.165) is 19.8 Å². The summed E-state index contributed by atoms with van der Waals surface area (Å²) in [6.45, 7) is 7.94. The number of nitrogens with zero attached hydrogens (tertiary/aromatic N) is 2. The molecular formula is C10H19N3O. The minimum atomic E-state index is 0.264. The van der Waals surface area contributed by atoms with Gasteiger partial charge in [0, 0.05) is 13.1 Å². The molecule has 2 heterocycles. The maximum Gasteiger partial charge on any atom is 0.237 e. The highest BCUT2D eigenvalue weighted by atomic mass is 16.2. The molecule has 0 spiro atoms. The van der Waals surface area contributed by atoms with Crippen LogP contribution in [0, 0.1) is 5.92 Å². The summed E-state index contributed by atoms with van der Waals surface area (Å²) in [4.78, 5) is 15.8. The Kier molecular flexibility index (Phi) is 3.03. The first kappa shape index (κ1) is 9.93. The van der Waals surface area contributed by atoms with Crippen LogP contribution in [-0.4, -0.2) is 55.1 Å². The zero-order chi connectivity index (χ0) is 9.97. The van der Waals surface area contributed by atoms with Crippen molar-refractivity contribution in [3.05, 3.63) is 0 Å². The van der Waals surface area contributed by atoms with E-state index in [1.54, 1.807) is 0 Å². The molecule has 0 aromatic carbocycles. The van der Waals surface area contributed by atoms with Crippen LogP contribution in [0.2, 0.25) is 0 Å². The van der Waals surface area contributed by atoms with Gasteiger partial charge in [-0.2, -0.15) is 0 Å². The molecule has 2 aliphatic rings. The monoisotopic (exact) mass is 197 g/mol. The molecule has 1 N–H and O–H groups in total. The molecule has 0 radical (unpaired) electrons. The van der Waals surface area contributed by atoms with Crippen molar-refractivity contribution in [2.45, 2.75) is 13.3 Å². The van der Waals surface area contributed by atoms with Crippen LogP contribution >= 0.6 is 0 Å². The van der Waals surface area contributed by atoms with Crippen LogP contribution in [0.3, 0.4) is 0 Å². The van der Waals surface area contributed by atoms with Crippen LogP contribution in [0.4, 0.5) is 0 Å². The molecule has 4 nitrogen and oxygen atoms in total. The van der Waals surface area contributed by atoms with Gasteiger partial charge >= 0.3 is 0 Å². The SMILES string of the molecule is CCN1CCC(CN2CNCC2=O)C1. The first-order chi connectivity index (χ1) is 6.79. The van der Waals surface area contributed by atoms with Crippen LogP contribution < -0.4 is 5.32 Å². The highest BCUT2D eigenvalue weighted by molar-refractivity contribution is 5.79. The number of hydrogen-bond acceptors (Lipinski definition) is 3. The molecule has 2 saturated heterocycles. The van der Waals surface area contributed by atoms with Gasteiger partial charge in [0.05, 0.1) is 13.2 Å². The Hall–Kier alpha value is -0.610. The first-order valence-electron chi connectivity index (χ1n) is 5.50. The minimum absolute atomic E-state index is 0.264. The Morgan fingerprint density at radius 3 is 3.00 bits per heavy atom. The van der Waals surface area contributed by atoms with E-state index in [4.69, 9.17) is 0 Å². The van der Waals surface area contributed by atoms with Gasteiger partial charge < -0.3 is 9.80 Å². The van der Waals surface area contributed by atoms with Crippen LogP contribution in [0.25, 0.3) is 0 Å². The molecule has 2 fully saturated rings. The van der Waals surface area contributed by atoms with Gasteiger partial charge in [-0.3, -0.25) is 10.1 Å². The third-order valence-electron chi connectivity index (χ3n) is 3.23. The van der Waals surface area contributed by atoms with E-state index in [1.165, 1.54) is 19.5 Å². The van der Waals surface area contributed by atoms with E-state index in [0.29, 0.717) is 12.5 Å². The Bertz CT molecular complexity index is 219. The second-order valence-electron chi connectivity index (χ2n) is 4.25. The van der Waals surface area contributed by atoms with Gasteiger partial charge in [0.2, 0.25) is 5.91 Å². The van der Waals surface area contributed by atoms with Crippen LogP contribution in [0.15, 0.2) is 0 Å². The molecule has 0 aromatic rings. The number of hydrogen-bond donors (Lipinski definition) is 1. The lowest BCUT2D eigenvalue weighted by Crippen LogP contribution is -2.33. The molecule has 1 amide bonds. The smallest absolute Gasteiger partial charge is 0.237 e. The predicted molar refractivity (Wildman–Crippen MR) is 54.8 cm³/mol. The number of carbonyl (C=O) groups is 1. The molecule has 14 heavy (non-hydrogen) atoms. The molecular weight excluding hydrogens is 178 g/mol. The van der Waals surface area contributed by atoms with Gasteiger partial charge in [-0.1, -0.05) is 6.92 Å². The lowest BCUT2D eigenvalue weighted by molar-refractivity contribution is -0.127. The predicted octanol–water partition coefficient (Wildman–Crippen LogP) is -0.282. The van der Waals surface area contributed by atoms with Crippen molar-refractivity contribution < 1.29 is 4.79 Å². The fourth-order valence-corrected chi connectivity index (χ4v) is 2.32. The largest absolute Gasteiger partial charge is 0.328 e. The van der Waals surface area contributed by atoms with Crippen LogP contribution in [0.1, 0.15) is 13.3 Å². The third kappa shape index (κ3) is 2.07. The molecule has 0 aromatic heterocycles. The first-order valence-corrected chi connectivity index (χ1v) is 5.50. The minimum Gasteiger partial charge on any atom is -0.328 e. The molecule has 0 bridgehead atoms. The molecule has 2 rings (SSSR count). The van der Waals surface area contributed by atoms with Gasteiger partial charge in [-0.25, -0.2) is 0 Å². The van der Waals surface area contributed by atoms with Crippen molar-refractivity contribution in [2.24, 2.45) is 5.92 Å². The highest BCUT2D eigenvalue weighted by Gasteiger charge is 2.27. The zero-order valence-corrected chi connectivity index (χ0v) is 8.83. The summed E-state index contributed by atoms with van der Waals surface area (Å²) in [6, 6.07) is 0. The van der Waals surface area contributed by atoms with Crippen LogP contribution in [0.5, 0.6) is 0 Å². The Morgan fingerprint density at radius 1 is 1.57 bits per heavy atom. The second-order valence-corrected chi connectivity index (χ2v) is 4.25. The number of rotatable bonds is 3. The van der Waals surface area contributed by atoms with Gasteiger partial charge in [-0.15, -0.1) is 0 Å². The summed E-state index contributed by atoms with van der Waals surface area (Å²) in [5, 5.41) is 3.08. The van der Waals surface area contributed by atoms with E-state index in [-0.39, 0.29) is 5.91 Å².